The Hall–Kier alpha value is -3.27. The second-order valence-electron chi connectivity index (χ2n) is 5.09. The lowest BCUT2D eigenvalue weighted by Crippen LogP contribution is -2.32. The largest absolute Gasteiger partial charge is 0.504 e. The summed E-state index contributed by atoms with van der Waals surface area (Å²) < 4.78 is 38.3. The molecule has 0 fully saturated rings. The zero-order valence-corrected chi connectivity index (χ0v) is 14.0. The number of halogens is 4. The second kappa shape index (κ2) is 7.96. The minimum atomic E-state index is -4.72. The van der Waals surface area contributed by atoms with Crippen LogP contribution >= 0.6 is 11.6 Å². The summed E-state index contributed by atoms with van der Waals surface area (Å²) in [5, 5.41) is 23.4. The van der Waals surface area contributed by atoms with Crippen LogP contribution < -0.4 is 10.7 Å². The van der Waals surface area contributed by atoms with E-state index < -0.39 is 34.3 Å². The van der Waals surface area contributed by atoms with Gasteiger partial charge in [-0.2, -0.15) is 18.3 Å². The summed E-state index contributed by atoms with van der Waals surface area (Å²) in [6, 6.07) is 6.34. The lowest BCUT2D eigenvalue weighted by atomic mass is 10.2. The van der Waals surface area contributed by atoms with Gasteiger partial charge in [0.25, 0.3) is 0 Å². The van der Waals surface area contributed by atoms with Crippen LogP contribution in [0.4, 0.5) is 18.9 Å². The van der Waals surface area contributed by atoms with Crippen LogP contribution in [0.15, 0.2) is 41.5 Å². The summed E-state index contributed by atoms with van der Waals surface area (Å²) in [5.41, 5.74) is 0.734. The molecule has 0 aliphatic heterocycles. The third-order valence-corrected chi connectivity index (χ3v) is 3.44. The van der Waals surface area contributed by atoms with Gasteiger partial charge in [-0.25, -0.2) is 5.43 Å². The molecule has 0 saturated carbocycles. The molecule has 0 aromatic heterocycles. The molecule has 2 amide bonds. The lowest BCUT2D eigenvalue weighted by molar-refractivity contribution is -0.137. The predicted octanol–water partition coefficient (Wildman–Crippen LogP) is 2.86. The van der Waals surface area contributed by atoms with Gasteiger partial charge in [0.15, 0.2) is 11.5 Å². The molecule has 2 aromatic carbocycles. The molecule has 0 aliphatic carbocycles. The minimum Gasteiger partial charge on any atom is -0.504 e. The van der Waals surface area contributed by atoms with Gasteiger partial charge < -0.3 is 15.5 Å². The summed E-state index contributed by atoms with van der Waals surface area (Å²) in [7, 11) is 0. The molecule has 4 N–H and O–H groups in total. The quantitative estimate of drug-likeness (QED) is 0.274. The number of nitrogens with zero attached hydrogens (tertiary/aromatic N) is 1. The zero-order valence-electron chi connectivity index (χ0n) is 13.2. The Labute approximate surface area is 155 Å². The number of hydrazone groups is 1. The fourth-order valence-corrected chi connectivity index (χ4v) is 2.07. The molecule has 11 heteroatoms. The number of anilines is 1. The van der Waals surface area contributed by atoms with E-state index in [-0.39, 0.29) is 11.4 Å². The Balaban J connectivity index is 2.00. The van der Waals surface area contributed by atoms with Crippen LogP contribution in [-0.2, 0) is 15.8 Å². The molecule has 0 unspecified atom stereocenters. The van der Waals surface area contributed by atoms with Gasteiger partial charge in [0.1, 0.15) is 0 Å². The highest BCUT2D eigenvalue weighted by molar-refractivity contribution is 6.39. The van der Waals surface area contributed by atoms with E-state index in [1.807, 2.05) is 10.7 Å². The van der Waals surface area contributed by atoms with Crippen LogP contribution in [0.25, 0.3) is 0 Å². The first-order chi connectivity index (χ1) is 12.6. The number of benzene rings is 2. The van der Waals surface area contributed by atoms with Crippen LogP contribution in [0.1, 0.15) is 11.1 Å². The molecular formula is C16H11ClF3N3O4. The summed E-state index contributed by atoms with van der Waals surface area (Å²) >= 11 is 5.46. The van der Waals surface area contributed by atoms with Crippen LogP contribution in [0.5, 0.6) is 11.5 Å². The van der Waals surface area contributed by atoms with E-state index in [0.717, 1.165) is 24.4 Å². The van der Waals surface area contributed by atoms with Gasteiger partial charge in [-0.1, -0.05) is 11.6 Å². The molecule has 0 spiro atoms. The van der Waals surface area contributed by atoms with Crippen molar-refractivity contribution in [2.24, 2.45) is 5.10 Å². The van der Waals surface area contributed by atoms with Gasteiger partial charge in [-0.15, -0.1) is 0 Å². The smallest absolute Gasteiger partial charge is 0.417 e. The van der Waals surface area contributed by atoms with E-state index in [0.29, 0.717) is 11.6 Å². The molecule has 27 heavy (non-hydrogen) atoms. The summed E-state index contributed by atoms with van der Waals surface area (Å²) in [4.78, 5) is 23.3. The number of hydrogen-bond acceptors (Lipinski definition) is 5. The lowest BCUT2D eigenvalue weighted by Gasteiger charge is -2.11. The number of rotatable bonds is 3. The van der Waals surface area contributed by atoms with Gasteiger partial charge in [-0.05, 0) is 42.0 Å². The zero-order chi connectivity index (χ0) is 20.2. The maximum atomic E-state index is 12.8. The Bertz CT molecular complexity index is 916. The van der Waals surface area contributed by atoms with Crippen LogP contribution in [-0.4, -0.2) is 28.2 Å². The monoisotopic (exact) mass is 401 g/mol. The summed E-state index contributed by atoms with van der Waals surface area (Å²) in [6.07, 6.45) is -3.64. The summed E-state index contributed by atoms with van der Waals surface area (Å²) in [6.45, 7) is 0. The first-order valence-corrected chi connectivity index (χ1v) is 7.49. The van der Waals surface area contributed by atoms with E-state index in [2.05, 4.69) is 5.10 Å². The molecule has 142 valence electrons. The molecule has 2 rings (SSSR count). The molecule has 0 aliphatic rings. The average molecular weight is 402 g/mol. The van der Waals surface area contributed by atoms with Crippen molar-refractivity contribution in [2.75, 3.05) is 5.32 Å². The van der Waals surface area contributed by atoms with E-state index in [1.54, 1.807) is 0 Å². The van der Waals surface area contributed by atoms with Gasteiger partial charge in [-0.3, -0.25) is 9.59 Å². The maximum absolute atomic E-state index is 12.8. The number of amides is 2. The van der Waals surface area contributed by atoms with Crippen molar-refractivity contribution in [2.45, 2.75) is 6.18 Å². The fraction of sp³-hybridized carbons (Fsp3) is 0.0625. The normalized spacial score (nSPS) is 11.4. The molecule has 2 aromatic rings. The van der Waals surface area contributed by atoms with E-state index in [4.69, 9.17) is 16.7 Å². The first-order valence-electron chi connectivity index (χ1n) is 7.11. The van der Waals surface area contributed by atoms with Gasteiger partial charge in [0, 0.05) is 5.69 Å². The van der Waals surface area contributed by atoms with Crippen molar-refractivity contribution in [3.63, 3.8) is 0 Å². The second-order valence-corrected chi connectivity index (χ2v) is 5.50. The number of nitrogens with one attached hydrogen (secondary N) is 2. The molecule has 7 nitrogen and oxygen atoms in total. The van der Waals surface area contributed by atoms with E-state index in [1.165, 1.54) is 12.1 Å². The number of carbonyl (C=O) groups is 2. The Morgan fingerprint density at radius 3 is 2.37 bits per heavy atom. The number of phenolic OH excluding ortho intramolecular Hbond substituents is 2. The maximum Gasteiger partial charge on any atom is 0.417 e. The topological polar surface area (TPSA) is 111 Å². The summed E-state index contributed by atoms with van der Waals surface area (Å²) in [5.74, 6) is -3.25. The van der Waals surface area contributed by atoms with Crippen molar-refractivity contribution < 1.29 is 33.0 Å². The van der Waals surface area contributed by atoms with Gasteiger partial charge in [0.05, 0.1) is 16.8 Å². The third kappa shape index (κ3) is 5.35. The molecule has 0 saturated heterocycles. The van der Waals surface area contributed by atoms with Crippen LogP contribution in [0.3, 0.4) is 0 Å². The number of phenols is 2. The molecule has 0 bridgehead atoms. The minimum absolute atomic E-state index is 0.278. The number of hydrogen-bond donors (Lipinski definition) is 4. The Morgan fingerprint density at radius 2 is 1.74 bits per heavy atom. The number of aromatic hydroxyl groups is 2. The molecule has 0 heterocycles. The van der Waals surface area contributed by atoms with Crippen molar-refractivity contribution >= 4 is 35.3 Å². The van der Waals surface area contributed by atoms with Crippen molar-refractivity contribution in [1.82, 2.24) is 5.43 Å². The fourth-order valence-electron chi connectivity index (χ4n) is 1.85. The highest BCUT2D eigenvalue weighted by atomic mass is 35.5. The number of alkyl halides is 3. The van der Waals surface area contributed by atoms with Gasteiger partial charge >= 0.3 is 18.0 Å². The highest BCUT2D eigenvalue weighted by Gasteiger charge is 2.33. The van der Waals surface area contributed by atoms with E-state index >= 15 is 0 Å². The first kappa shape index (κ1) is 20.0. The standard InChI is InChI=1S/C16H11ClF3N3O4/c17-11-3-2-9(6-10(11)16(18,19)20)22-14(26)15(27)23-21-7-8-1-4-12(24)13(25)5-8/h1-7,24-25H,(H,22,26)(H,23,27). The molecular weight excluding hydrogens is 391 g/mol. The Morgan fingerprint density at radius 1 is 1.04 bits per heavy atom. The van der Waals surface area contributed by atoms with Crippen molar-refractivity contribution in [3.05, 3.63) is 52.5 Å². The van der Waals surface area contributed by atoms with E-state index in [9.17, 15) is 27.9 Å². The number of carbonyl (C=O) groups excluding carboxylic acids is 2. The average Bonchev–Trinajstić information content (AvgIpc) is 2.58. The SMILES string of the molecule is O=C(NN=Cc1ccc(O)c(O)c1)C(=O)Nc1ccc(Cl)c(C(F)(F)F)c1. The third-order valence-electron chi connectivity index (χ3n) is 3.12. The van der Waals surface area contributed by atoms with Crippen LogP contribution in [0, 0.1) is 0 Å². The van der Waals surface area contributed by atoms with Crippen molar-refractivity contribution in [3.8, 4) is 11.5 Å². The molecule has 0 radical (unpaired) electrons. The van der Waals surface area contributed by atoms with Gasteiger partial charge in [0.2, 0.25) is 0 Å². The predicted molar refractivity (Wildman–Crippen MR) is 90.6 cm³/mol. The molecule has 0 atom stereocenters. The Kier molecular flexibility index (Phi) is 5.91. The van der Waals surface area contributed by atoms with Crippen LogP contribution in [0.2, 0.25) is 5.02 Å². The highest BCUT2D eigenvalue weighted by Crippen LogP contribution is 2.36. The van der Waals surface area contributed by atoms with Crippen molar-refractivity contribution in [1.29, 1.82) is 0 Å².